The predicted molar refractivity (Wildman–Crippen MR) is 117 cm³/mol. The van der Waals surface area contributed by atoms with Gasteiger partial charge in [-0.3, -0.25) is 4.99 Å². The molecule has 2 rings (SSSR count). The van der Waals surface area contributed by atoms with Gasteiger partial charge in [0.2, 0.25) is 0 Å². The summed E-state index contributed by atoms with van der Waals surface area (Å²) in [6, 6.07) is 6.10. The van der Waals surface area contributed by atoms with E-state index in [0.29, 0.717) is 6.04 Å². The third kappa shape index (κ3) is 6.07. The highest BCUT2D eigenvalue weighted by Crippen LogP contribution is 2.33. The van der Waals surface area contributed by atoms with Crippen molar-refractivity contribution in [2.45, 2.75) is 12.5 Å². The first-order valence-corrected chi connectivity index (χ1v) is 9.49. The molecule has 0 aliphatic carbocycles. The Hall–Kier alpha value is -0.540. The number of nitrogens with one attached hydrogen (secondary N) is 2. The van der Waals surface area contributed by atoms with Crippen LogP contribution in [0.2, 0.25) is 5.02 Å². The van der Waals surface area contributed by atoms with Gasteiger partial charge in [-0.15, -0.1) is 24.0 Å². The van der Waals surface area contributed by atoms with E-state index in [4.69, 9.17) is 16.3 Å². The molecule has 2 N–H and O–H groups in total. The maximum absolute atomic E-state index is 6.14. The fourth-order valence-corrected chi connectivity index (χ4v) is 3.14. The topological polar surface area (TPSA) is 48.9 Å². The number of anilines is 1. The average molecular weight is 485 g/mol. The van der Waals surface area contributed by atoms with Crippen molar-refractivity contribution in [3.63, 3.8) is 0 Å². The van der Waals surface area contributed by atoms with E-state index >= 15 is 0 Å². The number of methoxy groups -OCH3 is 1. The van der Waals surface area contributed by atoms with Crippen molar-refractivity contribution in [3.8, 4) is 5.75 Å². The van der Waals surface area contributed by atoms with Crippen molar-refractivity contribution in [1.29, 1.82) is 0 Å². The summed E-state index contributed by atoms with van der Waals surface area (Å²) >= 11 is 7.96. The van der Waals surface area contributed by atoms with Crippen molar-refractivity contribution in [2.24, 2.45) is 4.99 Å². The van der Waals surface area contributed by atoms with Gasteiger partial charge in [-0.05, 0) is 30.9 Å². The lowest BCUT2D eigenvalue weighted by atomic mass is 10.2. The van der Waals surface area contributed by atoms with E-state index in [1.165, 1.54) is 0 Å². The van der Waals surface area contributed by atoms with Crippen LogP contribution in [-0.4, -0.2) is 57.8 Å². The normalized spacial score (nSPS) is 17.4. The van der Waals surface area contributed by atoms with Gasteiger partial charge in [0.25, 0.3) is 0 Å². The van der Waals surface area contributed by atoms with Crippen molar-refractivity contribution < 1.29 is 4.74 Å². The molecule has 1 aliphatic heterocycles. The van der Waals surface area contributed by atoms with Crippen LogP contribution in [0.15, 0.2) is 23.2 Å². The van der Waals surface area contributed by atoms with Crippen LogP contribution in [0.1, 0.15) is 6.42 Å². The first-order valence-electron chi connectivity index (χ1n) is 7.72. The molecule has 1 heterocycles. The molecule has 1 saturated heterocycles. The van der Waals surface area contributed by atoms with Crippen molar-refractivity contribution in [3.05, 3.63) is 23.2 Å². The average Bonchev–Trinajstić information content (AvgIpc) is 3.02. The molecule has 0 spiro atoms. The third-order valence-corrected chi connectivity index (χ3v) is 4.68. The molecule has 0 aromatic heterocycles. The fraction of sp³-hybridized carbons (Fsp3) is 0.562. The maximum atomic E-state index is 6.14. The second kappa shape index (κ2) is 11.1. The molecule has 1 aromatic rings. The smallest absolute Gasteiger partial charge is 0.191 e. The molecule has 1 aliphatic rings. The van der Waals surface area contributed by atoms with E-state index in [1.54, 1.807) is 14.2 Å². The number of hydrogen-bond donors (Lipinski definition) is 2. The Kier molecular flexibility index (Phi) is 9.99. The summed E-state index contributed by atoms with van der Waals surface area (Å²) in [7, 11) is 3.50. The lowest BCUT2D eigenvalue weighted by molar-refractivity contribution is 0.415. The van der Waals surface area contributed by atoms with Crippen LogP contribution in [0.3, 0.4) is 0 Å². The molecule has 5 nitrogen and oxygen atoms in total. The van der Waals surface area contributed by atoms with Crippen LogP contribution in [0.25, 0.3) is 0 Å². The number of nitrogens with zero attached hydrogens (tertiary/aromatic N) is 2. The van der Waals surface area contributed by atoms with E-state index in [9.17, 15) is 0 Å². The first-order chi connectivity index (χ1) is 11.2. The van der Waals surface area contributed by atoms with Crippen molar-refractivity contribution in [1.82, 2.24) is 10.6 Å². The van der Waals surface area contributed by atoms with E-state index in [1.807, 2.05) is 30.0 Å². The Bertz CT molecular complexity index is 547. The zero-order chi connectivity index (χ0) is 16.7. The van der Waals surface area contributed by atoms with E-state index in [-0.39, 0.29) is 24.0 Å². The van der Waals surface area contributed by atoms with Gasteiger partial charge in [0, 0.05) is 43.5 Å². The highest BCUT2D eigenvalue weighted by atomic mass is 127. The SMILES string of the molecule is CN=C(NCCSC)NC1CCN(c2cc(Cl)ccc2OC)C1.I. The van der Waals surface area contributed by atoms with Gasteiger partial charge in [-0.25, -0.2) is 0 Å². The molecule has 0 bridgehead atoms. The van der Waals surface area contributed by atoms with Gasteiger partial charge in [0.05, 0.1) is 12.8 Å². The third-order valence-electron chi connectivity index (χ3n) is 3.83. The minimum absolute atomic E-state index is 0. The van der Waals surface area contributed by atoms with Gasteiger partial charge >= 0.3 is 0 Å². The fourth-order valence-electron chi connectivity index (χ4n) is 2.67. The zero-order valence-corrected chi connectivity index (χ0v) is 18.2. The summed E-state index contributed by atoms with van der Waals surface area (Å²) in [5, 5.41) is 7.56. The summed E-state index contributed by atoms with van der Waals surface area (Å²) in [6.45, 7) is 2.79. The Morgan fingerprint density at radius 3 is 2.96 bits per heavy atom. The summed E-state index contributed by atoms with van der Waals surface area (Å²) in [5.74, 6) is 2.79. The molecule has 1 unspecified atom stereocenters. The first kappa shape index (κ1) is 21.5. The largest absolute Gasteiger partial charge is 0.495 e. The Morgan fingerprint density at radius 2 is 2.29 bits per heavy atom. The maximum Gasteiger partial charge on any atom is 0.191 e. The Balaban J connectivity index is 0.00000288. The van der Waals surface area contributed by atoms with E-state index in [0.717, 1.165) is 54.2 Å². The van der Waals surface area contributed by atoms with Crippen LogP contribution in [0.4, 0.5) is 5.69 Å². The second-order valence-corrected chi connectivity index (χ2v) is 6.81. The van der Waals surface area contributed by atoms with Crippen LogP contribution in [-0.2, 0) is 0 Å². The molecule has 1 aromatic carbocycles. The molecule has 8 heteroatoms. The van der Waals surface area contributed by atoms with Gasteiger partial charge in [-0.2, -0.15) is 11.8 Å². The van der Waals surface area contributed by atoms with E-state index in [2.05, 4.69) is 26.8 Å². The number of aliphatic imine (C=N–C) groups is 1. The number of rotatable bonds is 6. The summed E-state index contributed by atoms with van der Waals surface area (Å²) in [4.78, 5) is 6.59. The molecule has 1 atom stereocenters. The number of ether oxygens (including phenoxy) is 1. The lowest BCUT2D eigenvalue weighted by Crippen LogP contribution is -2.45. The highest BCUT2D eigenvalue weighted by Gasteiger charge is 2.25. The lowest BCUT2D eigenvalue weighted by Gasteiger charge is -2.22. The monoisotopic (exact) mass is 484 g/mol. The molecular weight excluding hydrogens is 459 g/mol. The number of hydrogen-bond acceptors (Lipinski definition) is 4. The van der Waals surface area contributed by atoms with Gasteiger partial charge in [0.15, 0.2) is 5.96 Å². The van der Waals surface area contributed by atoms with Gasteiger partial charge < -0.3 is 20.3 Å². The van der Waals surface area contributed by atoms with Crippen LogP contribution < -0.4 is 20.3 Å². The van der Waals surface area contributed by atoms with Crippen LogP contribution >= 0.6 is 47.3 Å². The second-order valence-electron chi connectivity index (χ2n) is 5.38. The van der Waals surface area contributed by atoms with Crippen LogP contribution in [0, 0.1) is 0 Å². The zero-order valence-electron chi connectivity index (χ0n) is 14.3. The Morgan fingerprint density at radius 1 is 1.50 bits per heavy atom. The quantitative estimate of drug-likeness (QED) is 0.281. The van der Waals surface area contributed by atoms with E-state index < -0.39 is 0 Å². The number of guanidine groups is 1. The summed E-state index contributed by atoms with van der Waals surface area (Å²) in [5.41, 5.74) is 1.05. The van der Waals surface area contributed by atoms with Crippen molar-refractivity contribution in [2.75, 3.05) is 50.7 Å². The summed E-state index contributed by atoms with van der Waals surface area (Å²) in [6.07, 6.45) is 3.16. The molecule has 136 valence electrons. The van der Waals surface area contributed by atoms with Crippen molar-refractivity contribution >= 4 is 59.0 Å². The molecule has 0 saturated carbocycles. The number of benzene rings is 1. The number of halogens is 2. The standard InChI is InChI=1S/C16H25ClN4OS.HI/c1-18-16(19-7-9-23-3)20-13-6-8-21(11-13)14-10-12(17)4-5-15(14)22-2;/h4-5,10,13H,6-9,11H2,1-3H3,(H2,18,19,20);1H. The molecule has 0 amide bonds. The Labute approximate surface area is 171 Å². The molecular formula is C16H26ClIN4OS. The highest BCUT2D eigenvalue weighted by molar-refractivity contribution is 14.0. The summed E-state index contributed by atoms with van der Waals surface area (Å²) < 4.78 is 5.46. The molecule has 1 fully saturated rings. The molecule has 0 radical (unpaired) electrons. The van der Waals surface area contributed by atoms with Gasteiger partial charge in [-0.1, -0.05) is 11.6 Å². The van der Waals surface area contributed by atoms with Crippen LogP contribution in [0.5, 0.6) is 5.75 Å². The minimum atomic E-state index is 0. The molecule has 24 heavy (non-hydrogen) atoms. The number of thioether (sulfide) groups is 1. The predicted octanol–water partition coefficient (Wildman–Crippen LogP) is 3.07. The van der Waals surface area contributed by atoms with Gasteiger partial charge in [0.1, 0.15) is 5.75 Å². The minimum Gasteiger partial charge on any atom is -0.495 e.